The fraction of sp³-hybridized carbons (Fsp3) is 0.120. The highest BCUT2D eigenvalue weighted by molar-refractivity contribution is 7.17. The van der Waals surface area contributed by atoms with E-state index >= 15 is 0 Å². The molecule has 5 rings (SSSR count). The van der Waals surface area contributed by atoms with E-state index in [1.165, 1.54) is 24.0 Å². The van der Waals surface area contributed by atoms with Gasteiger partial charge >= 0.3 is 0 Å². The molecule has 4 aromatic rings. The number of hydrogen-bond donors (Lipinski definition) is 2. The number of amides is 1. The number of nitrogens with zero attached hydrogens (tertiary/aromatic N) is 2. The normalized spacial score (nSPS) is 16.0. The Balaban J connectivity index is 1.67. The van der Waals surface area contributed by atoms with Crippen LogP contribution in [0.15, 0.2) is 70.3 Å². The largest absolute Gasteiger partial charge is 0.508 e. The molecule has 1 unspecified atom stereocenters. The fourth-order valence-corrected chi connectivity index (χ4v) is 5.03. The Morgan fingerprint density at radius 1 is 1.09 bits per heavy atom. The summed E-state index contributed by atoms with van der Waals surface area (Å²) in [4.78, 5) is 44.7. The number of aryl methyl sites for hydroxylation is 1. The summed E-state index contributed by atoms with van der Waals surface area (Å²) in [5.74, 6) is -2.42. The molecule has 1 aliphatic heterocycles. The number of aliphatic hydroxyl groups is 1. The molecule has 0 spiro atoms. The van der Waals surface area contributed by atoms with Gasteiger partial charge in [-0.1, -0.05) is 41.7 Å². The number of rotatable bonds is 5. The van der Waals surface area contributed by atoms with Gasteiger partial charge in [0, 0.05) is 12.3 Å². The maximum Gasteiger partial charge on any atom is 0.296 e. The molecular formula is C25H18N2O6S. The average molecular weight is 474 g/mol. The van der Waals surface area contributed by atoms with Crippen molar-refractivity contribution in [3.63, 3.8) is 0 Å². The van der Waals surface area contributed by atoms with Crippen molar-refractivity contribution in [2.45, 2.75) is 19.9 Å². The van der Waals surface area contributed by atoms with Gasteiger partial charge in [-0.15, -0.1) is 0 Å². The Kier molecular flexibility index (Phi) is 5.06. The quantitative estimate of drug-likeness (QED) is 0.395. The number of aromatic nitrogens is 1. The number of Topliss-reactive ketones (excluding diaryl/α,β-unsaturated/α-hetero) is 2. The van der Waals surface area contributed by atoms with E-state index in [-0.39, 0.29) is 28.0 Å². The lowest BCUT2D eigenvalue weighted by Gasteiger charge is -2.24. The van der Waals surface area contributed by atoms with Gasteiger partial charge in [0.1, 0.15) is 11.3 Å². The molecule has 2 aromatic heterocycles. The molecule has 1 atom stereocenters. The minimum Gasteiger partial charge on any atom is -0.508 e. The minimum absolute atomic E-state index is 0.00180. The number of aliphatic hydroxyl groups excluding tert-OH is 1. The summed E-state index contributed by atoms with van der Waals surface area (Å²) in [6.07, 6.45) is 0. The van der Waals surface area contributed by atoms with Crippen LogP contribution in [0.5, 0.6) is 5.75 Å². The molecule has 1 aliphatic rings. The third-order valence-electron chi connectivity index (χ3n) is 5.62. The van der Waals surface area contributed by atoms with Crippen molar-refractivity contribution < 1.29 is 29.0 Å². The molecule has 0 saturated heterocycles. The molecule has 0 saturated carbocycles. The number of benzene rings is 2. The maximum absolute atomic E-state index is 13.6. The fourth-order valence-electron chi connectivity index (χ4n) is 4.04. The zero-order valence-corrected chi connectivity index (χ0v) is 18.9. The van der Waals surface area contributed by atoms with Crippen molar-refractivity contribution in [2.24, 2.45) is 0 Å². The van der Waals surface area contributed by atoms with Gasteiger partial charge in [0.2, 0.25) is 5.78 Å². The Labute approximate surface area is 197 Å². The molecule has 9 heteroatoms. The average Bonchev–Trinajstić information content (AvgIpc) is 3.48. The standard InChI is InChI=1S/C25H18N2O6S/c1-12-23(13(2)28)34-25(26-12)27-20(14-7-9-16(29)10-8-14)19(22(31)24(27)32)21(30)18-11-15-5-3-4-6-17(15)33-18/h3-11,20,29,31H,1-2H3. The Bertz CT molecular complexity index is 1480. The first-order valence-electron chi connectivity index (χ1n) is 10.3. The Hall–Kier alpha value is -4.24. The van der Waals surface area contributed by atoms with Crippen molar-refractivity contribution in [2.75, 3.05) is 4.90 Å². The van der Waals surface area contributed by atoms with Gasteiger partial charge in [-0.3, -0.25) is 19.3 Å². The van der Waals surface area contributed by atoms with Crippen LogP contribution in [0.3, 0.4) is 0 Å². The Morgan fingerprint density at radius 3 is 2.44 bits per heavy atom. The molecule has 2 N–H and O–H groups in total. The first kappa shape index (κ1) is 21.6. The number of thiazole rings is 1. The van der Waals surface area contributed by atoms with Crippen LogP contribution in [0.2, 0.25) is 0 Å². The van der Waals surface area contributed by atoms with Crippen LogP contribution in [-0.4, -0.2) is 32.7 Å². The van der Waals surface area contributed by atoms with Gasteiger partial charge < -0.3 is 14.6 Å². The number of phenols is 1. The van der Waals surface area contributed by atoms with Crippen molar-refractivity contribution >= 4 is 44.9 Å². The lowest BCUT2D eigenvalue weighted by Crippen LogP contribution is -2.31. The predicted octanol–water partition coefficient (Wildman–Crippen LogP) is 4.89. The summed E-state index contributed by atoms with van der Waals surface area (Å²) in [7, 11) is 0. The zero-order valence-electron chi connectivity index (χ0n) is 18.1. The van der Waals surface area contributed by atoms with Gasteiger partial charge in [0.15, 0.2) is 22.4 Å². The third-order valence-corrected chi connectivity index (χ3v) is 6.88. The monoisotopic (exact) mass is 474 g/mol. The summed E-state index contributed by atoms with van der Waals surface area (Å²) in [6, 6.07) is 13.5. The van der Waals surface area contributed by atoms with Crippen LogP contribution >= 0.6 is 11.3 Å². The second kappa shape index (κ2) is 7.96. The van der Waals surface area contributed by atoms with Gasteiger partial charge in [0.25, 0.3) is 5.91 Å². The molecule has 0 aliphatic carbocycles. The minimum atomic E-state index is -1.04. The highest BCUT2D eigenvalue weighted by Gasteiger charge is 2.46. The summed E-state index contributed by atoms with van der Waals surface area (Å²) < 4.78 is 5.70. The van der Waals surface area contributed by atoms with E-state index in [9.17, 15) is 24.6 Å². The summed E-state index contributed by atoms with van der Waals surface area (Å²) in [5, 5.41) is 21.5. The molecule has 0 radical (unpaired) electrons. The van der Waals surface area contributed by atoms with E-state index < -0.39 is 23.5 Å². The molecular weight excluding hydrogens is 456 g/mol. The van der Waals surface area contributed by atoms with Crippen LogP contribution in [-0.2, 0) is 4.79 Å². The first-order valence-corrected chi connectivity index (χ1v) is 11.1. The third kappa shape index (κ3) is 3.37. The molecule has 170 valence electrons. The number of phenolic OH excluding ortho intramolecular Hbond substituents is 1. The van der Waals surface area contributed by atoms with Gasteiger partial charge in [-0.2, -0.15) is 0 Å². The van der Waals surface area contributed by atoms with Gasteiger partial charge in [0.05, 0.1) is 22.2 Å². The van der Waals surface area contributed by atoms with Crippen molar-refractivity contribution in [1.29, 1.82) is 0 Å². The van der Waals surface area contributed by atoms with Crippen LogP contribution < -0.4 is 4.90 Å². The SMILES string of the molecule is CC(=O)c1sc(N2C(=O)C(O)=C(C(=O)c3cc4ccccc4o3)C2c2ccc(O)cc2)nc1C. The second-order valence-electron chi connectivity index (χ2n) is 7.88. The van der Waals surface area contributed by atoms with Gasteiger partial charge in [-0.25, -0.2) is 4.98 Å². The van der Waals surface area contributed by atoms with Crippen LogP contribution in [0.4, 0.5) is 5.13 Å². The molecule has 34 heavy (non-hydrogen) atoms. The highest BCUT2D eigenvalue weighted by Crippen LogP contribution is 2.44. The predicted molar refractivity (Wildman–Crippen MR) is 125 cm³/mol. The topological polar surface area (TPSA) is 121 Å². The van der Waals surface area contributed by atoms with Crippen molar-refractivity contribution in [3.8, 4) is 5.75 Å². The second-order valence-corrected chi connectivity index (χ2v) is 8.85. The number of fused-ring (bicyclic) bond motifs is 1. The number of carbonyl (C=O) groups excluding carboxylic acids is 3. The van der Waals surface area contributed by atoms with Crippen LogP contribution in [0, 0.1) is 6.92 Å². The summed E-state index contributed by atoms with van der Waals surface area (Å²) in [5.41, 5.74) is 1.23. The number of para-hydroxylation sites is 1. The van der Waals surface area contributed by atoms with E-state index in [2.05, 4.69) is 4.98 Å². The molecule has 3 heterocycles. The number of anilines is 1. The number of aromatic hydroxyl groups is 1. The van der Waals surface area contributed by atoms with Crippen molar-refractivity contribution in [1.82, 2.24) is 4.98 Å². The molecule has 2 aromatic carbocycles. The Morgan fingerprint density at radius 2 is 1.79 bits per heavy atom. The van der Waals surface area contributed by atoms with Crippen LogP contribution in [0.25, 0.3) is 11.0 Å². The summed E-state index contributed by atoms with van der Waals surface area (Å²) >= 11 is 1.01. The van der Waals surface area contributed by atoms with E-state index in [0.29, 0.717) is 27.1 Å². The number of hydrogen-bond acceptors (Lipinski definition) is 8. The van der Waals surface area contributed by atoms with Crippen molar-refractivity contribution in [3.05, 3.63) is 87.8 Å². The van der Waals surface area contributed by atoms with E-state index in [4.69, 9.17) is 4.42 Å². The molecule has 1 amide bonds. The van der Waals surface area contributed by atoms with E-state index in [1.54, 1.807) is 49.4 Å². The lowest BCUT2D eigenvalue weighted by atomic mass is 9.95. The zero-order chi connectivity index (χ0) is 24.1. The van der Waals surface area contributed by atoms with Crippen LogP contribution in [0.1, 0.15) is 44.4 Å². The smallest absolute Gasteiger partial charge is 0.296 e. The molecule has 0 fully saturated rings. The number of furan rings is 1. The number of ketones is 2. The summed E-state index contributed by atoms with van der Waals surface area (Å²) in [6.45, 7) is 3.06. The lowest BCUT2D eigenvalue weighted by molar-refractivity contribution is -0.117. The molecule has 0 bridgehead atoms. The molecule has 8 nitrogen and oxygen atoms in total. The first-order chi connectivity index (χ1) is 16.3. The maximum atomic E-state index is 13.6. The number of carbonyl (C=O) groups is 3. The van der Waals surface area contributed by atoms with Gasteiger partial charge in [-0.05, 0) is 36.8 Å². The highest BCUT2D eigenvalue weighted by atomic mass is 32.1. The van der Waals surface area contributed by atoms with E-state index in [0.717, 1.165) is 11.3 Å². The van der Waals surface area contributed by atoms with E-state index in [1.807, 2.05) is 0 Å².